The number of hydrogen-bond donors (Lipinski definition) is 2. The lowest BCUT2D eigenvalue weighted by atomic mass is 10.2. The molecule has 0 bridgehead atoms. The molecule has 2 N–H and O–H groups in total. The van der Waals surface area contributed by atoms with E-state index in [1.165, 1.54) is 30.5 Å². The number of carbonyl (C=O) groups is 2. The minimum atomic E-state index is -0.487. The summed E-state index contributed by atoms with van der Waals surface area (Å²) in [5, 5.41) is 13.2. The van der Waals surface area contributed by atoms with Crippen LogP contribution >= 0.6 is 0 Å². The first-order valence-corrected chi connectivity index (χ1v) is 9.23. The number of rotatable bonds is 7. The van der Waals surface area contributed by atoms with Crippen molar-refractivity contribution in [2.24, 2.45) is 5.10 Å². The summed E-state index contributed by atoms with van der Waals surface area (Å²) in [5.41, 5.74) is 3.85. The highest BCUT2D eigenvalue weighted by Gasteiger charge is 2.13. The van der Waals surface area contributed by atoms with E-state index in [1.54, 1.807) is 42.5 Å². The van der Waals surface area contributed by atoms with Crippen LogP contribution in [0, 0.1) is 0 Å². The van der Waals surface area contributed by atoms with Gasteiger partial charge in [0.2, 0.25) is 0 Å². The van der Waals surface area contributed by atoms with Crippen molar-refractivity contribution in [1.29, 1.82) is 0 Å². The van der Waals surface area contributed by atoms with Gasteiger partial charge in [-0.2, -0.15) is 5.10 Å². The van der Waals surface area contributed by atoms with Gasteiger partial charge in [0.05, 0.1) is 18.4 Å². The van der Waals surface area contributed by atoms with E-state index in [0.29, 0.717) is 29.0 Å². The Bertz CT molecular complexity index is 1050. The molecule has 152 valence electrons. The van der Waals surface area contributed by atoms with Gasteiger partial charge in [-0.3, -0.25) is 4.79 Å². The van der Waals surface area contributed by atoms with E-state index in [1.807, 2.05) is 13.0 Å². The van der Waals surface area contributed by atoms with Crippen LogP contribution in [0.4, 0.5) is 0 Å². The molecule has 0 saturated heterocycles. The van der Waals surface area contributed by atoms with E-state index in [4.69, 9.17) is 9.47 Å². The monoisotopic (exact) mass is 404 g/mol. The number of phenols is 1. The predicted molar refractivity (Wildman–Crippen MR) is 112 cm³/mol. The molecule has 3 aromatic rings. The number of hydrazone groups is 1. The van der Waals surface area contributed by atoms with Crippen LogP contribution in [0.15, 0.2) is 77.9 Å². The maximum absolute atomic E-state index is 12.3. The van der Waals surface area contributed by atoms with Crippen LogP contribution in [0.1, 0.15) is 33.2 Å². The number of phenolic OH excluding ortho intramolecular Hbond substituents is 1. The number of amides is 1. The average Bonchev–Trinajstić information content (AvgIpc) is 2.76. The van der Waals surface area contributed by atoms with Gasteiger partial charge in [0.25, 0.3) is 5.91 Å². The molecule has 0 aliphatic rings. The van der Waals surface area contributed by atoms with E-state index < -0.39 is 11.9 Å². The second-order valence-corrected chi connectivity index (χ2v) is 6.14. The Kier molecular flexibility index (Phi) is 6.78. The maximum Gasteiger partial charge on any atom is 0.343 e. The van der Waals surface area contributed by atoms with E-state index in [2.05, 4.69) is 10.5 Å². The molecule has 7 nitrogen and oxygen atoms in total. The second kappa shape index (κ2) is 9.88. The van der Waals surface area contributed by atoms with Crippen LogP contribution < -0.4 is 14.9 Å². The first-order valence-electron chi connectivity index (χ1n) is 9.23. The Labute approximate surface area is 173 Å². The molecular weight excluding hydrogens is 384 g/mol. The van der Waals surface area contributed by atoms with E-state index in [-0.39, 0.29) is 11.5 Å². The van der Waals surface area contributed by atoms with Crippen molar-refractivity contribution in [3.63, 3.8) is 0 Å². The van der Waals surface area contributed by atoms with Gasteiger partial charge >= 0.3 is 5.97 Å². The fraction of sp³-hybridized carbons (Fsp3) is 0.0870. The third-order valence-electron chi connectivity index (χ3n) is 3.99. The van der Waals surface area contributed by atoms with Gasteiger partial charge in [0.1, 0.15) is 5.75 Å². The number of carbonyl (C=O) groups excluding carboxylic acids is 2. The lowest BCUT2D eigenvalue weighted by Crippen LogP contribution is -2.17. The van der Waals surface area contributed by atoms with Gasteiger partial charge < -0.3 is 14.6 Å². The number of aromatic hydroxyl groups is 1. The first-order chi connectivity index (χ1) is 14.6. The summed E-state index contributed by atoms with van der Waals surface area (Å²) >= 11 is 0. The molecule has 0 atom stereocenters. The molecule has 0 saturated carbocycles. The molecule has 0 aliphatic carbocycles. The summed E-state index contributed by atoms with van der Waals surface area (Å²) in [6.45, 7) is 2.20. The van der Waals surface area contributed by atoms with Crippen LogP contribution in [-0.4, -0.2) is 29.8 Å². The Balaban J connectivity index is 1.69. The number of nitrogens with one attached hydrogen (secondary N) is 1. The number of ether oxygens (including phenoxy) is 2. The first kappa shape index (κ1) is 20.6. The molecule has 30 heavy (non-hydrogen) atoms. The molecule has 0 unspecified atom stereocenters. The molecule has 1 amide bonds. The molecule has 0 fully saturated rings. The van der Waals surface area contributed by atoms with E-state index in [0.717, 1.165) is 0 Å². The average molecular weight is 404 g/mol. The maximum atomic E-state index is 12.3. The molecule has 0 aliphatic heterocycles. The van der Waals surface area contributed by atoms with Crippen molar-refractivity contribution in [1.82, 2.24) is 5.43 Å². The van der Waals surface area contributed by atoms with Crippen molar-refractivity contribution in [3.05, 3.63) is 89.5 Å². The highest BCUT2D eigenvalue weighted by atomic mass is 16.6. The molecule has 0 aromatic heterocycles. The summed E-state index contributed by atoms with van der Waals surface area (Å²) in [6.07, 6.45) is 1.45. The molecule has 7 heteroatoms. The van der Waals surface area contributed by atoms with Gasteiger partial charge in [-0.25, -0.2) is 10.2 Å². The summed E-state index contributed by atoms with van der Waals surface area (Å²) in [6, 6.07) is 19.4. The molecular formula is C23H20N2O5. The zero-order chi connectivity index (χ0) is 21.3. The molecule has 0 heterocycles. The van der Waals surface area contributed by atoms with Crippen molar-refractivity contribution in [2.75, 3.05) is 6.61 Å². The summed E-state index contributed by atoms with van der Waals surface area (Å²) in [5.74, 6) is -0.151. The number of nitrogens with zero attached hydrogens (tertiary/aromatic N) is 1. The lowest BCUT2D eigenvalue weighted by Gasteiger charge is -2.11. The van der Waals surface area contributed by atoms with Crippen molar-refractivity contribution >= 4 is 18.1 Å². The number of hydrogen-bond acceptors (Lipinski definition) is 6. The van der Waals surface area contributed by atoms with Gasteiger partial charge in [-0.15, -0.1) is 0 Å². The van der Waals surface area contributed by atoms with Gasteiger partial charge in [0.15, 0.2) is 11.5 Å². The molecule has 0 spiro atoms. The Morgan fingerprint density at radius 2 is 1.70 bits per heavy atom. The van der Waals surface area contributed by atoms with Crippen LogP contribution in [0.2, 0.25) is 0 Å². The summed E-state index contributed by atoms with van der Waals surface area (Å²) < 4.78 is 11.0. The fourth-order valence-corrected chi connectivity index (χ4v) is 2.53. The number of benzene rings is 3. The van der Waals surface area contributed by atoms with Gasteiger partial charge in [-0.05, 0) is 67.1 Å². The van der Waals surface area contributed by atoms with Crippen LogP contribution in [0.25, 0.3) is 0 Å². The Morgan fingerprint density at radius 3 is 2.40 bits per heavy atom. The SMILES string of the molecule is CCOc1cc(C=NNC(=O)c2ccc(O)cc2)ccc1OC(=O)c1ccccc1. The summed E-state index contributed by atoms with van der Waals surface area (Å²) in [4.78, 5) is 24.3. The largest absolute Gasteiger partial charge is 0.508 e. The molecule has 3 aromatic carbocycles. The second-order valence-electron chi connectivity index (χ2n) is 6.14. The quantitative estimate of drug-likeness (QED) is 0.270. The fourth-order valence-electron chi connectivity index (χ4n) is 2.53. The van der Waals surface area contributed by atoms with Gasteiger partial charge in [-0.1, -0.05) is 18.2 Å². The van der Waals surface area contributed by atoms with E-state index >= 15 is 0 Å². The van der Waals surface area contributed by atoms with Crippen molar-refractivity contribution in [2.45, 2.75) is 6.92 Å². The Hall–Kier alpha value is -4.13. The smallest absolute Gasteiger partial charge is 0.343 e. The zero-order valence-corrected chi connectivity index (χ0v) is 16.2. The summed E-state index contributed by atoms with van der Waals surface area (Å²) in [7, 11) is 0. The van der Waals surface area contributed by atoms with Crippen LogP contribution in [0.5, 0.6) is 17.2 Å². The van der Waals surface area contributed by atoms with Gasteiger partial charge in [0, 0.05) is 5.56 Å². The number of esters is 1. The highest BCUT2D eigenvalue weighted by molar-refractivity contribution is 5.95. The third-order valence-corrected chi connectivity index (χ3v) is 3.99. The third kappa shape index (κ3) is 5.45. The van der Waals surface area contributed by atoms with Crippen LogP contribution in [0.3, 0.4) is 0 Å². The minimum absolute atomic E-state index is 0.0755. The topological polar surface area (TPSA) is 97.2 Å². The lowest BCUT2D eigenvalue weighted by molar-refractivity contribution is 0.0728. The molecule has 0 radical (unpaired) electrons. The minimum Gasteiger partial charge on any atom is -0.508 e. The van der Waals surface area contributed by atoms with Crippen molar-refractivity contribution < 1.29 is 24.2 Å². The highest BCUT2D eigenvalue weighted by Crippen LogP contribution is 2.29. The molecule has 3 rings (SSSR count). The standard InChI is InChI=1S/C23H20N2O5/c1-2-29-21-14-16(15-24-25-22(27)17-9-11-19(26)12-10-17)8-13-20(21)30-23(28)18-6-4-3-5-7-18/h3-15,26H,2H2,1H3,(H,25,27). The van der Waals surface area contributed by atoms with Crippen molar-refractivity contribution in [3.8, 4) is 17.2 Å². The predicted octanol–water partition coefficient (Wildman–Crippen LogP) is 3.77. The zero-order valence-electron chi connectivity index (χ0n) is 16.2. The Morgan fingerprint density at radius 1 is 0.967 bits per heavy atom. The van der Waals surface area contributed by atoms with Crippen LogP contribution in [-0.2, 0) is 0 Å². The van der Waals surface area contributed by atoms with E-state index in [9.17, 15) is 14.7 Å². The normalized spacial score (nSPS) is 10.6.